The second-order valence-corrected chi connectivity index (χ2v) is 13.7. The molecule has 0 saturated carbocycles. The van der Waals surface area contributed by atoms with Gasteiger partial charge in [0, 0.05) is 18.9 Å². The van der Waals surface area contributed by atoms with Crippen molar-refractivity contribution in [2.45, 2.75) is 71.8 Å². The van der Waals surface area contributed by atoms with Crippen molar-refractivity contribution >= 4 is 7.92 Å². The molecular weight excluding hydrogens is 407 g/mol. The first-order valence-electron chi connectivity index (χ1n) is 12.0. The Morgan fingerprint density at radius 3 is 1.53 bits per heavy atom. The van der Waals surface area contributed by atoms with Crippen molar-refractivity contribution in [3.8, 4) is 0 Å². The summed E-state index contributed by atoms with van der Waals surface area (Å²) in [5.74, 6) is 0. The van der Waals surface area contributed by atoms with E-state index in [4.69, 9.17) is 0 Å². The zero-order valence-electron chi connectivity index (χ0n) is 20.9. The van der Waals surface area contributed by atoms with E-state index in [1.807, 2.05) is 12.5 Å². The Kier molecular flexibility index (Phi) is 8.34. The maximum absolute atomic E-state index is 4.21. The van der Waals surface area contributed by atoms with Crippen LogP contribution in [0.15, 0.2) is 67.3 Å². The highest BCUT2D eigenvalue weighted by Crippen LogP contribution is 2.37. The predicted molar refractivity (Wildman–Crippen MR) is 141 cm³/mol. The van der Waals surface area contributed by atoms with Crippen molar-refractivity contribution in [1.29, 1.82) is 0 Å². The van der Waals surface area contributed by atoms with Crippen molar-refractivity contribution < 1.29 is 0 Å². The van der Waals surface area contributed by atoms with E-state index in [2.05, 4.69) is 106 Å². The van der Waals surface area contributed by atoms with Crippen molar-refractivity contribution in [3.63, 3.8) is 0 Å². The number of aromatic nitrogens is 2. The quantitative estimate of drug-likeness (QED) is 0.311. The van der Waals surface area contributed by atoms with E-state index in [0.717, 1.165) is 6.54 Å². The van der Waals surface area contributed by atoms with Crippen LogP contribution in [0.4, 0.5) is 0 Å². The molecule has 0 aliphatic heterocycles. The van der Waals surface area contributed by atoms with E-state index in [1.165, 1.54) is 53.6 Å². The van der Waals surface area contributed by atoms with Crippen LogP contribution in [0.25, 0.3) is 0 Å². The molecule has 0 spiro atoms. The Bertz CT molecular complexity index is 865. The monoisotopic (exact) mass is 448 g/mol. The maximum atomic E-state index is 4.21. The third-order valence-corrected chi connectivity index (χ3v) is 8.85. The highest BCUT2D eigenvalue weighted by Gasteiger charge is 2.15. The van der Waals surface area contributed by atoms with Gasteiger partial charge in [0.2, 0.25) is 0 Å². The number of hydrogen-bond donors (Lipinski definition) is 0. The summed E-state index contributed by atoms with van der Waals surface area (Å²) in [5, 5.41) is 0. The van der Waals surface area contributed by atoms with Crippen LogP contribution in [0.2, 0.25) is 0 Å². The summed E-state index contributed by atoms with van der Waals surface area (Å²) in [6, 6.07) is 18.6. The molecule has 2 aromatic carbocycles. The summed E-state index contributed by atoms with van der Waals surface area (Å²) < 4.78 is 2.23. The van der Waals surface area contributed by atoms with Crippen LogP contribution >= 0.6 is 7.92 Å². The molecule has 0 atom stereocenters. The largest absolute Gasteiger partial charge is 0.337 e. The number of aryl methyl sites for hydroxylation is 3. The van der Waals surface area contributed by atoms with Crippen LogP contribution in [0.3, 0.4) is 0 Å². The molecule has 0 bridgehead atoms. The smallest absolute Gasteiger partial charge is 0.0946 e. The van der Waals surface area contributed by atoms with Gasteiger partial charge in [-0.25, -0.2) is 4.98 Å². The lowest BCUT2D eigenvalue weighted by Gasteiger charge is -2.21. The second kappa shape index (κ2) is 10.8. The third-order valence-electron chi connectivity index (χ3n) is 6.31. The molecular formula is C29H41N2P. The molecule has 0 amide bonds. The van der Waals surface area contributed by atoms with Crippen molar-refractivity contribution in [2.24, 2.45) is 0 Å². The lowest BCUT2D eigenvalue weighted by atomic mass is 9.86. The lowest BCUT2D eigenvalue weighted by Crippen LogP contribution is -2.11. The number of benzene rings is 2. The Hall–Kier alpha value is -1.92. The van der Waals surface area contributed by atoms with Crippen molar-refractivity contribution in [3.05, 3.63) is 89.5 Å². The maximum Gasteiger partial charge on any atom is 0.0946 e. The topological polar surface area (TPSA) is 17.8 Å². The van der Waals surface area contributed by atoms with Gasteiger partial charge in [-0.05, 0) is 64.4 Å². The molecule has 3 rings (SSSR count). The molecule has 0 unspecified atom stereocenters. The summed E-state index contributed by atoms with van der Waals surface area (Å²) in [5.41, 5.74) is 6.23. The highest BCUT2D eigenvalue weighted by atomic mass is 31.1. The van der Waals surface area contributed by atoms with E-state index in [9.17, 15) is 0 Å². The van der Waals surface area contributed by atoms with E-state index in [1.54, 1.807) is 0 Å². The normalized spacial score (nSPS) is 12.5. The van der Waals surface area contributed by atoms with Gasteiger partial charge < -0.3 is 4.57 Å². The van der Waals surface area contributed by atoms with Gasteiger partial charge in [0.1, 0.15) is 0 Å². The highest BCUT2D eigenvalue weighted by molar-refractivity contribution is 7.57. The second-order valence-electron chi connectivity index (χ2n) is 11.0. The fourth-order valence-corrected chi connectivity index (χ4v) is 6.26. The fraction of sp³-hybridized carbons (Fsp3) is 0.483. The summed E-state index contributed by atoms with van der Waals surface area (Å²) in [6.45, 7) is 14.8. The molecule has 1 heterocycles. The van der Waals surface area contributed by atoms with Crippen molar-refractivity contribution in [2.75, 3.05) is 18.5 Å². The van der Waals surface area contributed by atoms with Gasteiger partial charge in [-0.2, -0.15) is 0 Å². The number of rotatable bonds is 9. The third kappa shape index (κ3) is 7.59. The number of nitrogens with zero attached hydrogens (tertiary/aromatic N) is 2. The molecule has 2 nitrogen and oxygen atoms in total. The van der Waals surface area contributed by atoms with Crippen LogP contribution in [0.5, 0.6) is 0 Å². The number of hydrogen-bond acceptors (Lipinski definition) is 1. The first-order valence-corrected chi connectivity index (χ1v) is 13.9. The molecule has 0 N–H and O–H groups in total. The predicted octanol–water partition coefficient (Wildman–Crippen LogP) is 7.45. The SMILES string of the molecule is CC(C)(C)c1ccc(CCP(CCc2ccc(C(C)(C)C)cc2)CCn2ccnc2)cc1. The van der Waals surface area contributed by atoms with Crippen molar-refractivity contribution in [1.82, 2.24) is 9.55 Å². The van der Waals surface area contributed by atoms with E-state index < -0.39 is 0 Å². The zero-order valence-corrected chi connectivity index (χ0v) is 21.8. The van der Waals surface area contributed by atoms with Gasteiger partial charge in [0.15, 0.2) is 0 Å². The molecule has 0 aliphatic carbocycles. The number of imidazole rings is 1. The summed E-state index contributed by atoms with van der Waals surface area (Å²) >= 11 is 0. The van der Waals surface area contributed by atoms with Gasteiger partial charge in [-0.1, -0.05) is 90.1 Å². The minimum atomic E-state index is -0.0219. The summed E-state index contributed by atoms with van der Waals surface area (Å²) in [4.78, 5) is 4.21. The van der Waals surface area contributed by atoms with Gasteiger partial charge in [-0.3, -0.25) is 0 Å². The minimum absolute atomic E-state index is 0.0219. The van der Waals surface area contributed by atoms with Crippen LogP contribution in [0, 0.1) is 0 Å². The van der Waals surface area contributed by atoms with Gasteiger partial charge in [-0.15, -0.1) is 7.92 Å². The van der Waals surface area contributed by atoms with Crippen LogP contribution in [-0.2, 0) is 30.2 Å². The van der Waals surface area contributed by atoms with E-state index >= 15 is 0 Å². The molecule has 3 heteroatoms. The minimum Gasteiger partial charge on any atom is -0.337 e. The fourth-order valence-electron chi connectivity index (χ4n) is 3.93. The van der Waals surface area contributed by atoms with Crippen LogP contribution in [0.1, 0.15) is 63.8 Å². The molecule has 0 saturated heterocycles. The molecule has 32 heavy (non-hydrogen) atoms. The Morgan fingerprint density at radius 1 is 0.688 bits per heavy atom. The van der Waals surface area contributed by atoms with E-state index in [0.29, 0.717) is 0 Å². The average molecular weight is 449 g/mol. The summed E-state index contributed by atoms with van der Waals surface area (Å²) in [7, 11) is -0.0219. The van der Waals surface area contributed by atoms with Gasteiger partial charge >= 0.3 is 0 Å². The molecule has 0 radical (unpaired) electrons. The van der Waals surface area contributed by atoms with Crippen LogP contribution < -0.4 is 0 Å². The molecule has 3 aromatic rings. The van der Waals surface area contributed by atoms with Gasteiger partial charge in [0.25, 0.3) is 0 Å². The first kappa shape index (κ1) is 24.7. The lowest BCUT2D eigenvalue weighted by molar-refractivity contribution is 0.589. The summed E-state index contributed by atoms with van der Waals surface area (Å²) in [6.07, 6.45) is 12.2. The first-order chi connectivity index (χ1) is 15.1. The zero-order chi connectivity index (χ0) is 23.2. The molecule has 0 fully saturated rings. The Labute approximate surface area is 197 Å². The molecule has 172 valence electrons. The van der Waals surface area contributed by atoms with Crippen LogP contribution in [-0.4, -0.2) is 28.0 Å². The Morgan fingerprint density at radius 2 is 1.16 bits per heavy atom. The molecule has 1 aromatic heterocycles. The molecule has 0 aliphatic rings. The van der Waals surface area contributed by atoms with Gasteiger partial charge in [0.05, 0.1) is 6.33 Å². The Balaban J connectivity index is 1.60. The average Bonchev–Trinajstić information content (AvgIpc) is 3.26. The van der Waals surface area contributed by atoms with E-state index in [-0.39, 0.29) is 18.8 Å². The standard InChI is InChI=1S/C29H41N2P/c1-28(2,3)26-11-7-24(8-12-26)15-20-32(22-19-31-18-17-30-23-31)21-16-25-9-13-27(14-10-25)29(4,5)6/h7-14,17-18,23H,15-16,19-22H2,1-6H3.